The number of benzene rings is 1. The summed E-state index contributed by atoms with van der Waals surface area (Å²) in [7, 11) is 1.48. The second-order valence-electron chi connectivity index (χ2n) is 4.33. The number of carbonyl (C=O) groups is 3. The van der Waals surface area contributed by atoms with Crippen molar-refractivity contribution in [2.75, 3.05) is 7.11 Å². The average molecular weight is 327 g/mol. The largest absolute Gasteiger partial charge is 0.480 e. The molecule has 120 valence electrons. The molecule has 0 bridgehead atoms. The summed E-state index contributed by atoms with van der Waals surface area (Å²) in [4.78, 5) is 32.9. The Hall–Kier alpha value is -2.06. The first-order valence-corrected chi connectivity index (χ1v) is 7.15. The van der Waals surface area contributed by atoms with Gasteiger partial charge in [0.2, 0.25) is 18.2 Å². The van der Waals surface area contributed by atoms with Gasteiger partial charge in [-0.15, -0.1) is 0 Å². The number of aldehydes is 1. The normalized spacial score (nSPS) is 11.5. The van der Waals surface area contributed by atoms with Crippen LogP contribution < -0.4 is 9.50 Å². The highest BCUT2D eigenvalue weighted by Crippen LogP contribution is 2.18. The molecule has 0 aromatic heterocycles. The van der Waals surface area contributed by atoms with E-state index in [1.807, 2.05) is 0 Å². The standard InChI is InChI=1S/C14H17NO6S/c1-20-22-21-11-6-4-10(5-7-11)9-12(14(18)19)15-13(17)3-2-8-16/h4-8,12H,2-3,9H2,1H3,(H,15,17)(H,18,19). The van der Waals surface area contributed by atoms with E-state index in [1.54, 1.807) is 24.3 Å². The van der Waals surface area contributed by atoms with E-state index in [2.05, 4.69) is 5.32 Å². The van der Waals surface area contributed by atoms with Crippen LogP contribution in [0.3, 0.4) is 0 Å². The number of rotatable bonds is 10. The predicted molar refractivity (Wildman–Crippen MR) is 80.2 cm³/mol. The second-order valence-corrected chi connectivity index (χ2v) is 4.97. The van der Waals surface area contributed by atoms with Gasteiger partial charge in [0, 0.05) is 19.3 Å². The fraction of sp³-hybridized carbons (Fsp3) is 0.357. The van der Waals surface area contributed by atoms with E-state index in [4.69, 9.17) is 13.5 Å². The molecule has 1 unspecified atom stereocenters. The molecule has 2 N–H and O–H groups in total. The summed E-state index contributed by atoms with van der Waals surface area (Å²) >= 11 is 0.822. The molecule has 0 aliphatic rings. The quantitative estimate of drug-likeness (QED) is 0.494. The molecule has 7 nitrogen and oxygen atoms in total. The van der Waals surface area contributed by atoms with Gasteiger partial charge in [0.15, 0.2) is 0 Å². The third-order valence-corrected chi connectivity index (χ3v) is 3.08. The Balaban J connectivity index is 2.60. The van der Waals surface area contributed by atoms with Gasteiger partial charge in [0.05, 0.1) is 7.11 Å². The predicted octanol–water partition coefficient (Wildman–Crippen LogP) is 1.37. The number of carboxylic acids is 1. The van der Waals surface area contributed by atoms with Gasteiger partial charge in [-0.25, -0.2) is 4.79 Å². The molecule has 1 aromatic rings. The first-order valence-electron chi connectivity index (χ1n) is 6.49. The molecule has 0 aliphatic carbocycles. The molecule has 0 saturated heterocycles. The van der Waals surface area contributed by atoms with Crippen molar-refractivity contribution >= 4 is 30.5 Å². The lowest BCUT2D eigenvalue weighted by atomic mass is 10.1. The second kappa shape index (κ2) is 9.80. The number of hydrogen-bond acceptors (Lipinski definition) is 6. The lowest BCUT2D eigenvalue weighted by Crippen LogP contribution is -2.42. The van der Waals surface area contributed by atoms with Crippen LogP contribution in [0.4, 0.5) is 0 Å². The zero-order chi connectivity index (χ0) is 16.4. The summed E-state index contributed by atoms with van der Waals surface area (Å²) in [5.74, 6) is -1.02. The Morgan fingerprint density at radius 2 is 2.05 bits per heavy atom. The summed E-state index contributed by atoms with van der Waals surface area (Å²) in [6.07, 6.45) is 0.807. The third-order valence-electron chi connectivity index (χ3n) is 2.68. The van der Waals surface area contributed by atoms with E-state index >= 15 is 0 Å². The van der Waals surface area contributed by atoms with E-state index < -0.39 is 17.9 Å². The van der Waals surface area contributed by atoms with Gasteiger partial charge in [0.25, 0.3) is 0 Å². The lowest BCUT2D eigenvalue weighted by molar-refractivity contribution is -0.141. The number of amides is 1. The molecule has 1 aromatic carbocycles. The maximum Gasteiger partial charge on any atom is 0.326 e. The Labute approximate surface area is 132 Å². The van der Waals surface area contributed by atoms with Gasteiger partial charge in [-0.1, -0.05) is 12.1 Å². The fourth-order valence-corrected chi connectivity index (χ4v) is 1.90. The molecular formula is C14H17NO6S. The molecule has 0 saturated carbocycles. The van der Waals surface area contributed by atoms with Gasteiger partial charge in [0.1, 0.15) is 18.1 Å². The maximum atomic E-state index is 11.5. The van der Waals surface area contributed by atoms with Crippen molar-refractivity contribution in [2.45, 2.75) is 25.3 Å². The number of carboxylic acid groups (broad SMARTS) is 1. The maximum absolute atomic E-state index is 11.5. The average Bonchev–Trinajstić information content (AvgIpc) is 2.51. The molecule has 1 atom stereocenters. The summed E-state index contributed by atoms with van der Waals surface area (Å²) in [5, 5.41) is 11.5. The molecule has 0 heterocycles. The highest BCUT2D eigenvalue weighted by molar-refractivity contribution is 7.90. The SMILES string of the molecule is COSOc1ccc(CC(NC(=O)CCC=O)C(=O)O)cc1. The summed E-state index contributed by atoms with van der Waals surface area (Å²) < 4.78 is 9.84. The summed E-state index contributed by atoms with van der Waals surface area (Å²) in [6.45, 7) is 0. The van der Waals surface area contributed by atoms with Gasteiger partial charge >= 0.3 is 5.97 Å². The van der Waals surface area contributed by atoms with Gasteiger partial charge in [-0.05, 0) is 17.7 Å². The van der Waals surface area contributed by atoms with Crippen molar-refractivity contribution in [1.29, 1.82) is 0 Å². The summed E-state index contributed by atoms with van der Waals surface area (Å²) in [6, 6.07) is 5.72. The molecule has 8 heteroatoms. The topological polar surface area (TPSA) is 102 Å². The molecule has 1 amide bonds. The molecule has 1 rings (SSSR count). The number of carbonyl (C=O) groups excluding carboxylic acids is 2. The fourth-order valence-electron chi connectivity index (χ4n) is 1.65. The van der Waals surface area contributed by atoms with Crippen LogP contribution in [0.2, 0.25) is 0 Å². The molecule has 22 heavy (non-hydrogen) atoms. The van der Waals surface area contributed by atoms with Crippen molar-refractivity contribution in [3.63, 3.8) is 0 Å². The monoisotopic (exact) mass is 327 g/mol. The number of nitrogens with one attached hydrogen (secondary N) is 1. The van der Waals surface area contributed by atoms with E-state index in [1.165, 1.54) is 7.11 Å². The van der Waals surface area contributed by atoms with Gasteiger partial charge in [-0.3, -0.25) is 8.98 Å². The van der Waals surface area contributed by atoms with Crippen LogP contribution >= 0.6 is 12.3 Å². The van der Waals surface area contributed by atoms with Crippen LogP contribution in [-0.4, -0.2) is 36.4 Å². The van der Waals surface area contributed by atoms with E-state index in [0.29, 0.717) is 12.0 Å². The Bertz CT molecular complexity index is 505. The number of aliphatic carboxylic acids is 1. The Morgan fingerprint density at radius 1 is 1.36 bits per heavy atom. The van der Waals surface area contributed by atoms with Crippen molar-refractivity contribution in [3.8, 4) is 5.75 Å². The lowest BCUT2D eigenvalue weighted by Gasteiger charge is -2.14. The van der Waals surface area contributed by atoms with Crippen LogP contribution in [0.1, 0.15) is 18.4 Å². The number of hydrogen-bond donors (Lipinski definition) is 2. The minimum atomic E-state index is -1.13. The Morgan fingerprint density at radius 3 is 2.59 bits per heavy atom. The van der Waals surface area contributed by atoms with E-state index in [0.717, 1.165) is 17.9 Å². The van der Waals surface area contributed by atoms with Crippen LogP contribution in [0.25, 0.3) is 0 Å². The van der Waals surface area contributed by atoms with Crippen molar-refractivity contribution in [1.82, 2.24) is 5.32 Å². The first-order chi connectivity index (χ1) is 10.6. The van der Waals surface area contributed by atoms with Crippen molar-refractivity contribution in [3.05, 3.63) is 29.8 Å². The van der Waals surface area contributed by atoms with Crippen LogP contribution in [0.15, 0.2) is 24.3 Å². The minimum absolute atomic E-state index is 0.0195. The molecular weight excluding hydrogens is 310 g/mol. The molecule has 0 aliphatic heterocycles. The zero-order valence-corrected chi connectivity index (χ0v) is 12.8. The van der Waals surface area contributed by atoms with Crippen LogP contribution in [0, 0.1) is 0 Å². The highest BCUT2D eigenvalue weighted by Gasteiger charge is 2.20. The smallest absolute Gasteiger partial charge is 0.326 e. The zero-order valence-electron chi connectivity index (χ0n) is 12.0. The molecule has 0 fully saturated rings. The molecule has 0 radical (unpaired) electrons. The van der Waals surface area contributed by atoms with E-state index in [-0.39, 0.29) is 19.3 Å². The van der Waals surface area contributed by atoms with Gasteiger partial charge < -0.3 is 19.4 Å². The minimum Gasteiger partial charge on any atom is -0.480 e. The molecule has 0 spiro atoms. The highest BCUT2D eigenvalue weighted by atomic mass is 32.2. The summed E-state index contributed by atoms with van der Waals surface area (Å²) in [5.41, 5.74) is 0.734. The third kappa shape index (κ3) is 6.59. The Kier molecular flexibility index (Phi) is 8.01. The van der Waals surface area contributed by atoms with Crippen LogP contribution in [-0.2, 0) is 25.0 Å². The van der Waals surface area contributed by atoms with Gasteiger partial charge in [-0.2, -0.15) is 0 Å². The van der Waals surface area contributed by atoms with Crippen molar-refractivity contribution < 1.29 is 27.9 Å². The van der Waals surface area contributed by atoms with Crippen molar-refractivity contribution in [2.24, 2.45) is 0 Å². The van der Waals surface area contributed by atoms with E-state index in [9.17, 15) is 14.4 Å². The first kappa shape index (κ1) is 18.0. The van der Waals surface area contributed by atoms with Crippen LogP contribution in [0.5, 0.6) is 5.75 Å².